The molecule has 0 radical (unpaired) electrons. The number of hydrogen-bond donors (Lipinski definition) is 2. The van der Waals surface area contributed by atoms with Crippen LogP contribution in [-0.4, -0.2) is 27.7 Å². The standard InChI is InChI=1S/C18H19N3O3/c19-10-13(17-20-14-8-4-5-9-15(14)21-17)16(22)11-24-18(23)12-6-2-1-3-7-12/h4-5,8-9,12,22H,1-3,6-7,11H2,(H,20,21)/b16-13-. The molecule has 6 heteroatoms. The lowest BCUT2D eigenvalue weighted by molar-refractivity contribution is -0.149. The molecule has 1 fully saturated rings. The van der Waals surface area contributed by atoms with Gasteiger partial charge in [-0.05, 0) is 25.0 Å². The molecule has 0 amide bonds. The maximum absolute atomic E-state index is 12.0. The molecule has 2 N–H and O–H groups in total. The first-order valence-corrected chi connectivity index (χ1v) is 8.13. The van der Waals surface area contributed by atoms with Crippen molar-refractivity contribution in [1.82, 2.24) is 9.97 Å². The van der Waals surface area contributed by atoms with Crippen molar-refractivity contribution in [2.45, 2.75) is 32.1 Å². The van der Waals surface area contributed by atoms with Crippen LogP contribution in [-0.2, 0) is 9.53 Å². The largest absolute Gasteiger partial charge is 0.507 e. The van der Waals surface area contributed by atoms with E-state index < -0.39 is 0 Å². The smallest absolute Gasteiger partial charge is 0.309 e. The highest BCUT2D eigenvalue weighted by molar-refractivity contribution is 5.83. The molecule has 1 aromatic heterocycles. The van der Waals surface area contributed by atoms with Gasteiger partial charge < -0.3 is 14.8 Å². The summed E-state index contributed by atoms with van der Waals surface area (Å²) in [6, 6.07) is 9.27. The minimum absolute atomic E-state index is 0.0114. The number of nitrogens with zero attached hydrogens (tertiary/aromatic N) is 2. The third-order valence-electron chi connectivity index (χ3n) is 4.32. The van der Waals surface area contributed by atoms with Crippen LogP contribution >= 0.6 is 0 Å². The van der Waals surface area contributed by atoms with Gasteiger partial charge in [-0.1, -0.05) is 31.4 Å². The van der Waals surface area contributed by atoms with Gasteiger partial charge in [0.1, 0.15) is 18.2 Å². The van der Waals surface area contributed by atoms with Gasteiger partial charge in [0.15, 0.2) is 11.6 Å². The number of aromatic amines is 1. The maximum Gasteiger partial charge on any atom is 0.309 e. The fourth-order valence-corrected chi connectivity index (χ4v) is 2.99. The molecular formula is C18H19N3O3. The van der Waals surface area contributed by atoms with Crippen molar-refractivity contribution < 1.29 is 14.6 Å². The normalized spacial score (nSPS) is 16.5. The van der Waals surface area contributed by atoms with E-state index in [2.05, 4.69) is 9.97 Å². The van der Waals surface area contributed by atoms with Crippen LogP contribution in [0.15, 0.2) is 30.0 Å². The molecule has 1 aromatic carbocycles. The number of benzene rings is 1. The predicted molar refractivity (Wildman–Crippen MR) is 88.8 cm³/mol. The molecule has 0 bridgehead atoms. The van der Waals surface area contributed by atoms with Gasteiger partial charge >= 0.3 is 5.97 Å². The summed E-state index contributed by atoms with van der Waals surface area (Å²) in [4.78, 5) is 19.3. The lowest BCUT2D eigenvalue weighted by Gasteiger charge is -2.19. The number of carbonyl (C=O) groups is 1. The van der Waals surface area contributed by atoms with Gasteiger partial charge in [0.25, 0.3) is 0 Å². The molecule has 0 aliphatic heterocycles. The van der Waals surface area contributed by atoms with Gasteiger partial charge in [-0.25, -0.2) is 4.98 Å². The number of hydrogen-bond acceptors (Lipinski definition) is 5. The second kappa shape index (κ2) is 7.18. The summed E-state index contributed by atoms with van der Waals surface area (Å²) in [6.45, 7) is -0.310. The number of aromatic nitrogens is 2. The summed E-state index contributed by atoms with van der Waals surface area (Å²) in [5, 5.41) is 19.5. The average Bonchev–Trinajstić information content (AvgIpc) is 3.04. The maximum atomic E-state index is 12.0. The molecule has 1 saturated carbocycles. The van der Waals surface area contributed by atoms with Crippen LogP contribution in [0.5, 0.6) is 0 Å². The molecule has 24 heavy (non-hydrogen) atoms. The van der Waals surface area contributed by atoms with E-state index in [1.54, 1.807) is 0 Å². The SMILES string of the molecule is N#C/C(=C(/O)COC(=O)C1CCCCC1)c1nc2ccccc2[nH]1. The van der Waals surface area contributed by atoms with Crippen molar-refractivity contribution in [1.29, 1.82) is 5.26 Å². The molecule has 1 aliphatic carbocycles. The van der Waals surface area contributed by atoms with Gasteiger partial charge in [-0.15, -0.1) is 0 Å². The highest BCUT2D eigenvalue weighted by Gasteiger charge is 2.23. The van der Waals surface area contributed by atoms with Gasteiger partial charge in [-0.2, -0.15) is 5.26 Å². The lowest BCUT2D eigenvalue weighted by Crippen LogP contribution is -2.21. The number of imidazole rings is 1. The van der Waals surface area contributed by atoms with E-state index in [-0.39, 0.29) is 35.7 Å². The molecule has 0 unspecified atom stereocenters. The second-order valence-corrected chi connectivity index (χ2v) is 5.98. The third-order valence-corrected chi connectivity index (χ3v) is 4.32. The van der Waals surface area contributed by atoms with E-state index in [9.17, 15) is 15.2 Å². The fraction of sp³-hybridized carbons (Fsp3) is 0.389. The number of H-pyrrole nitrogens is 1. The zero-order valence-electron chi connectivity index (χ0n) is 13.3. The number of nitriles is 1. The fourth-order valence-electron chi connectivity index (χ4n) is 2.99. The number of nitrogens with one attached hydrogen (secondary N) is 1. The van der Waals surface area contributed by atoms with Crippen LogP contribution in [0.3, 0.4) is 0 Å². The molecule has 2 aromatic rings. The minimum Gasteiger partial charge on any atom is -0.507 e. The highest BCUT2D eigenvalue weighted by Crippen LogP contribution is 2.25. The van der Waals surface area contributed by atoms with Crippen LogP contribution in [0.2, 0.25) is 0 Å². The van der Waals surface area contributed by atoms with Crippen molar-refractivity contribution >= 4 is 22.6 Å². The zero-order chi connectivity index (χ0) is 16.9. The lowest BCUT2D eigenvalue weighted by atomic mass is 9.89. The first-order valence-electron chi connectivity index (χ1n) is 8.13. The topological polar surface area (TPSA) is 99.0 Å². The first kappa shape index (κ1) is 16.1. The molecule has 124 valence electrons. The molecule has 0 atom stereocenters. The van der Waals surface area contributed by atoms with Crippen LogP contribution in [0.25, 0.3) is 16.6 Å². The summed E-state index contributed by atoms with van der Waals surface area (Å²) in [6.07, 6.45) is 4.88. The number of fused-ring (bicyclic) bond motifs is 1. The molecule has 1 aliphatic rings. The molecule has 0 spiro atoms. The second-order valence-electron chi connectivity index (χ2n) is 5.98. The van der Waals surface area contributed by atoms with E-state index in [0.29, 0.717) is 5.52 Å². The number of esters is 1. The highest BCUT2D eigenvalue weighted by atomic mass is 16.5. The third kappa shape index (κ3) is 3.40. The van der Waals surface area contributed by atoms with Crippen molar-refractivity contribution in [2.75, 3.05) is 6.61 Å². The summed E-state index contributed by atoms with van der Waals surface area (Å²) < 4.78 is 5.18. The summed E-state index contributed by atoms with van der Waals surface area (Å²) in [7, 11) is 0. The number of carbonyl (C=O) groups excluding carboxylic acids is 1. The minimum atomic E-state index is -0.310. The van der Waals surface area contributed by atoms with E-state index in [4.69, 9.17) is 4.74 Å². The van der Waals surface area contributed by atoms with Gasteiger partial charge in [0, 0.05) is 0 Å². The van der Waals surface area contributed by atoms with Gasteiger partial charge in [-0.3, -0.25) is 4.79 Å². The Labute approximate surface area is 139 Å². The van der Waals surface area contributed by atoms with Gasteiger partial charge in [0.2, 0.25) is 0 Å². The van der Waals surface area contributed by atoms with E-state index in [1.165, 1.54) is 0 Å². The van der Waals surface area contributed by atoms with Crippen LogP contribution in [0, 0.1) is 17.2 Å². The van der Waals surface area contributed by atoms with Crippen molar-refractivity contribution in [3.63, 3.8) is 0 Å². The Morgan fingerprint density at radius 2 is 2.08 bits per heavy atom. The van der Waals surface area contributed by atoms with E-state index >= 15 is 0 Å². The summed E-state index contributed by atoms with van der Waals surface area (Å²) in [5.41, 5.74) is 1.46. The molecule has 0 saturated heterocycles. The van der Waals surface area contributed by atoms with Gasteiger partial charge in [0.05, 0.1) is 17.0 Å². The monoisotopic (exact) mass is 325 g/mol. The van der Waals surface area contributed by atoms with Crippen LogP contribution < -0.4 is 0 Å². The Morgan fingerprint density at radius 3 is 2.79 bits per heavy atom. The number of para-hydroxylation sites is 2. The zero-order valence-corrected chi connectivity index (χ0v) is 13.3. The quantitative estimate of drug-likeness (QED) is 0.509. The Morgan fingerprint density at radius 1 is 1.33 bits per heavy atom. The average molecular weight is 325 g/mol. The first-order chi connectivity index (χ1) is 11.7. The van der Waals surface area contributed by atoms with Crippen molar-refractivity contribution in [3.05, 3.63) is 35.8 Å². The van der Waals surface area contributed by atoms with Crippen molar-refractivity contribution in [3.8, 4) is 6.07 Å². The summed E-state index contributed by atoms with van der Waals surface area (Å²) >= 11 is 0. The van der Waals surface area contributed by atoms with Crippen LogP contribution in [0.1, 0.15) is 37.9 Å². The molecule has 1 heterocycles. The molecule has 3 rings (SSSR count). The Balaban J connectivity index is 1.73. The van der Waals surface area contributed by atoms with E-state index in [0.717, 1.165) is 37.6 Å². The number of aliphatic hydroxyl groups excluding tert-OH is 1. The van der Waals surface area contributed by atoms with E-state index in [1.807, 2.05) is 30.3 Å². The number of rotatable bonds is 4. The van der Waals surface area contributed by atoms with Crippen molar-refractivity contribution in [2.24, 2.45) is 5.92 Å². The number of allylic oxidation sites excluding steroid dienone is 1. The number of ether oxygens (including phenoxy) is 1. The molecular weight excluding hydrogens is 306 g/mol. The Hall–Kier alpha value is -2.81. The summed E-state index contributed by atoms with van der Waals surface area (Å²) in [5.74, 6) is -0.419. The van der Waals surface area contributed by atoms with Crippen LogP contribution in [0.4, 0.5) is 0 Å². The number of aliphatic hydroxyl groups is 1. The molecule has 6 nitrogen and oxygen atoms in total. The predicted octanol–water partition coefficient (Wildman–Crippen LogP) is 3.48. The Kier molecular flexibility index (Phi) is 4.80. The Bertz CT molecular complexity index is 777.